The molecule has 1 rings (SSSR count). The summed E-state index contributed by atoms with van der Waals surface area (Å²) in [4.78, 5) is 4.06. The number of rotatable bonds is 1. The molecular weight excluding hydrogens is 124 g/mol. The summed E-state index contributed by atoms with van der Waals surface area (Å²) >= 11 is 0. The number of aromatic nitrogens is 1. The van der Waals surface area contributed by atoms with Crippen molar-refractivity contribution in [2.75, 3.05) is 0 Å². The second-order valence-corrected chi connectivity index (χ2v) is 2.14. The van der Waals surface area contributed by atoms with Crippen LogP contribution in [0.1, 0.15) is 12.6 Å². The third-order valence-electron chi connectivity index (χ3n) is 1.06. The van der Waals surface area contributed by atoms with Crippen molar-refractivity contribution in [2.24, 2.45) is 5.73 Å². The van der Waals surface area contributed by atoms with Crippen LogP contribution < -0.4 is 5.73 Å². The summed E-state index contributed by atoms with van der Waals surface area (Å²) in [6.45, 7) is 1.84. The zero-order valence-electron chi connectivity index (χ0n) is 5.91. The number of hydrogen-bond donors (Lipinski definition) is 1. The topological polar surface area (TPSA) is 38.9 Å². The molecule has 0 aliphatic carbocycles. The van der Waals surface area contributed by atoms with Gasteiger partial charge in [0, 0.05) is 11.9 Å². The molecule has 2 nitrogen and oxygen atoms in total. The second-order valence-electron chi connectivity index (χ2n) is 2.14. The highest BCUT2D eigenvalue weighted by Gasteiger charge is 1.84. The third-order valence-corrected chi connectivity index (χ3v) is 1.06. The second kappa shape index (κ2) is 3.01. The molecular formula is C8H10N2. The lowest BCUT2D eigenvalue weighted by atomic mass is 10.3. The first-order chi connectivity index (χ1) is 4.79. The van der Waals surface area contributed by atoms with Gasteiger partial charge in [0.05, 0.1) is 5.69 Å². The first-order valence-corrected chi connectivity index (χ1v) is 3.14. The molecule has 1 aromatic heterocycles. The smallest absolute Gasteiger partial charge is 0.0646 e. The minimum atomic E-state index is 0.777. The van der Waals surface area contributed by atoms with Gasteiger partial charge in [-0.2, -0.15) is 0 Å². The van der Waals surface area contributed by atoms with Crippen molar-refractivity contribution in [3.63, 3.8) is 0 Å². The molecule has 1 heterocycles. The van der Waals surface area contributed by atoms with Crippen LogP contribution in [0.25, 0.3) is 6.08 Å². The minimum absolute atomic E-state index is 0.777. The van der Waals surface area contributed by atoms with E-state index in [1.165, 1.54) is 0 Å². The van der Waals surface area contributed by atoms with Crippen molar-refractivity contribution in [2.45, 2.75) is 6.92 Å². The van der Waals surface area contributed by atoms with E-state index in [0.29, 0.717) is 0 Å². The van der Waals surface area contributed by atoms with Crippen LogP contribution in [0.4, 0.5) is 0 Å². The molecule has 0 aromatic carbocycles. The van der Waals surface area contributed by atoms with Crippen LogP contribution in [0.15, 0.2) is 30.1 Å². The Balaban J connectivity index is 2.87. The van der Waals surface area contributed by atoms with Gasteiger partial charge >= 0.3 is 0 Å². The quantitative estimate of drug-likeness (QED) is 0.630. The van der Waals surface area contributed by atoms with Crippen LogP contribution >= 0.6 is 0 Å². The third kappa shape index (κ3) is 1.90. The summed E-state index contributed by atoms with van der Waals surface area (Å²) in [5, 5.41) is 0. The standard InChI is InChI=1S/C8H10N2/c1-7(9)6-8-4-2-3-5-10-8/h2-6H,9H2,1H3/b7-6-. The fourth-order valence-electron chi connectivity index (χ4n) is 0.695. The van der Waals surface area contributed by atoms with Gasteiger partial charge in [0.25, 0.3) is 0 Å². The van der Waals surface area contributed by atoms with E-state index < -0.39 is 0 Å². The fourth-order valence-corrected chi connectivity index (χ4v) is 0.695. The maximum absolute atomic E-state index is 5.45. The summed E-state index contributed by atoms with van der Waals surface area (Å²) in [5.41, 5.74) is 7.13. The Morgan fingerprint density at radius 2 is 2.40 bits per heavy atom. The average molecular weight is 134 g/mol. The number of nitrogens with zero attached hydrogens (tertiary/aromatic N) is 1. The summed E-state index contributed by atoms with van der Waals surface area (Å²) < 4.78 is 0. The van der Waals surface area contributed by atoms with Crippen molar-refractivity contribution in [3.05, 3.63) is 35.8 Å². The molecule has 0 saturated heterocycles. The van der Waals surface area contributed by atoms with Crippen LogP contribution in [0.5, 0.6) is 0 Å². The summed E-state index contributed by atoms with van der Waals surface area (Å²) in [7, 11) is 0. The number of allylic oxidation sites excluding steroid dienone is 1. The van der Waals surface area contributed by atoms with E-state index in [1.807, 2.05) is 31.2 Å². The van der Waals surface area contributed by atoms with Gasteiger partial charge in [-0.05, 0) is 25.1 Å². The Kier molecular flexibility index (Phi) is 2.05. The molecule has 0 unspecified atom stereocenters. The predicted octanol–water partition coefficient (Wildman–Crippen LogP) is 1.40. The Hall–Kier alpha value is -1.31. The molecule has 10 heavy (non-hydrogen) atoms. The molecule has 0 spiro atoms. The first kappa shape index (κ1) is 6.81. The van der Waals surface area contributed by atoms with E-state index in [2.05, 4.69) is 4.98 Å². The Morgan fingerprint density at radius 1 is 1.60 bits per heavy atom. The lowest BCUT2D eigenvalue weighted by molar-refractivity contribution is 1.27. The van der Waals surface area contributed by atoms with E-state index in [9.17, 15) is 0 Å². The molecule has 1 aromatic rings. The number of pyridine rings is 1. The fraction of sp³-hybridized carbons (Fsp3) is 0.125. The Bertz CT molecular complexity index is 222. The maximum Gasteiger partial charge on any atom is 0.0646 e. The first-order valence-electron chi connectivity index (χ1n) is 3.14. The maximum atomic E-state index is 5.45. The van der Waals surface area contributed by atoms with Crippen LogP contribution in [-0.2, 0) is 0 Å². The molecule has 0 saturated carbocycles. The van der Waals surface area contributed by atoms with Gasteiger partial charge in [-0.3, -0.25) is 4.98 Å². The molecule has 0 bridgehead atoms. The van der Waals surface area contributed by atoms with Gasteiger partial charge in [0.2, 0.25) is 0 Å². The highest BCUT2D eigenvalue weighted by molar-refractivity contribution is 5.46. The van der Waals surface area contributed by atoms with Crippen molar-refractivity contribution in [1.82, 2.24) is 4.98 Å². The van der Waals surface area contributed by atoms with Gasteiger partial charge in [-0.25, -0.2) is 0 Å². The van der Waals surface area contributed by atoms with Gasteiger partial charge in [0.1, 0.15) is 0 Å². The SMILES string of the molecule is C/C(N)=C/c1ccccn1. The largest absolute Gasteiger partial charge is 0.402 e. The molecule has 52 valence electrons. The van der Waals surface area contributed by atoms with Crippen LogP contribution in [0.2, 0.25) is 0 Å². The van der Waals surface area contributed by atoms with Crippen molar-refractivity contribution >= 4 is 6.08 Å². The van der Waals surface area contributed by atoms with E-state index in [-0.39, 0.29) is 0 Å². The highest BCUT2D eigenvalue weighted by Crippen LogP contribution is 1.97. The molecule has 0 atom stereocenters. The van der Waals surface area contributed by atoms with E-state index in [0.717, 1.165) is 11.4 Å². The zero-order chi connectivity index (χ0) is 7.40. The van der Waals surface area contributed by atoms with E-state index >= 15 is 0 Å². The summed E-state index contributed by atoms with van der Waals surface area (Å²) in [6.07, 6.45) is 3.58. The molecule has 0 aliphatic rings. The molecule has 0 radical (unpaired) electrons. The average Bonchev–Trinajstić information content (AvgIpc) is 1.88. The molecule has 0 amide bonds. The summed E-state index contributed by atoms with van der Waals surface area (Å²) in [5.74, 6) is 0. The lowest BCUT2D eigenvalue weighted by Crippen LogP contribution is -1.90. The van der Waals surface area contributed by atoms with Crippen LogP contribution in [0, 0.1) is 0 Å². The van der Waals surface area contributed by atoms with Crippen molar-refractivity contribution < 1.29 is 0 Å². The number of hydrogen-bond acceptors (Lipinski definition) is 2. The normalized spacial score (nSPS) is 11.5. The van der Waals surface area contributed by atoms with Gasteiger partial charge in [-0.15, -0.1) is 0 Å². The van der Waals surface area contributed by atoms with Gasteiger partial charge < -0.3 is 5.73 Å². The summed E-state index contributed by atoms with van der Waals surface area (Å²) in [6, 6.07) is 5.72. The van der Waals surface area contributed by atoms with Crippen LogP contribution in [0.3, 0.4) is 0 Å². The Labute approximate surface area is 60.4 Å². The monoisotopic (exact) mass is 134 g/mol. The highest BCUT2D eigenvalue weighted by atomic mass is 14.7. The predicted molar refractivity (Wildman–Crippen MR) is 42.1 cm³/mol. The molecule has 0 aliphatic heterocycles. The molecule has 2 heteroatoms. The molecule has 2 N–H and O–H groups in total. The Morgan fingerprint density at radius 3 is 2.90 bits per heavy atom. The van der Waals surface area contributed by atoms with Crippen molar-refractivity contribution in [3.8, 4) is 0 Å². The van der Waals surface area contributed by atoms with Crippen LogP contribution in [-0.4, -0.2) is 4.98 Å². The number of nitrogens with two attached hydrogens (primary N) is 1. The van der Waals surface area contributed by atoms with Gasteiger partial charge in [-0.1, -0.05) is 6.07 Å². The van der Waals surface area contributed by atoms with Crippen molar-refractivity contribution in [1.29, 1.82) is 0 Å². The van der Waals surface area contributed by atoms with Gasteiger partial charge in [0.15, 0.2) is 0 Å². The lowest BCUT2D eigenvalue weighted by Gasteiger charge is -1.90. The van der Waals surface area contributed by atoms with E-state index in [1.54, 1.807) is 6.20 Å². The van der Waals surface area contributed by atoms with E-state index in [4.69, 9.17) is 5.73 Å². The molecule has 0 fully saturated rings. The zero-order valence-corrected chi connectivity index (χ0v) is 5.91. The minimum Gasteiger partial charge on any atom is -0.402 e.